The van der Waals surface area contributed by atoms with Crippen molar-refractivity contribution < 1.29 is 23.9 Å². The summed E-state index contributed by atoms with van der Waals surface area (Å²) in [7, 11) is 0. The number of rotatable bonds is 5. The van der Waals surface area contributed by atoms with E-state index in [0.717, 1.165) is 11.1 Å². The molecule has 0 aliphatic carbocycles. The number of amides is 4. The van der Waals surface area contributed by atoms with Crippen LogP contribution in [0, 0.1) is 13.8 Å². The van der Waals surface area contributed by atoms with E-state index in [1.807, 2.05) is 19.9 Å². The van der Waals surface area contributed by atoms with Gasteiger partial charge in [0.15, 0.2) is 6.61 Å². The number of primary amides is 1. The Labute approximate surface area is 155 Å². The van der Waals surface area contributed by atoms with Crippen LogP contribution in [0.3, 0.4) is 0 Å². The minimum atomic E-state index is -0.779. The van der Waals surface area contributed by atoms with Gasteiger partial charge in [-0.25, -0.2) is 9.59 Å². The minimum absolute atomic E-state index is 0.146. The average Bonchev–Trinajstić information content (AvgIpc) is 2.62. The third-order valence-electron chi connectivity index (χ3n) is 3.76. The summed E-state index contributed by atoms with van der Waals surface area (Å²) in [6.45, 7) is 3.22. The van der Waals surface area contributed by atoms with Gasteiger partial charge >= 0.3 is 12.0 Å². The summed E-state index contributed by atoms with van der Waals surface area (Å²) >= 11 is 0. The van der Waals surface area contributed by atoms with Gasteiger partial charge in [-0.1, -0.05) is 6.07 Å². The number of hydrogen-bond acceptors (Lipinski definition) is 5. The number of hydrogen-bond donors (Lipinski definition) is 3. The van der Waals surface area contributed by atoms with Crippen LogP contribution < -0.4 is 16.4 Å². The number of urea groups is 1. The number of ether oxygens (including phenoxy) is 1. The first-order valence-electron chi connectivity index (χ1n) is 8.01. The van der Waals surface area contributed by atoms with E-state index in [2.05, 4.69) is 10.6 Å². The molecule has 0 unspecified atom stereocenters. The molecule has 0 spiro atoms. The molecular formula is C19H19N3O5. The largest absolute Gasteiger partial charge is 0.452 e. The second-order valence-corrected chi connectivity index (χ2v) is 5.82. The Morgan fingerprint density at radius 2 is 1.56 bits per heavy atom. The van der Waals surface area contributed by atoms with Gasteiger partial charge in [0.1, 0.15) is 0 Å². The molecule has 0 heterocycles. The number of esters is 1. The SMILES string of the molecule is Cc1ccc(NC(=O)NC(=O)COC(=O)c2ccc(C(N)=O)cc2)cc1C. The molecule has 0 saturated carbocycles. The van der Waals surface area contributed by atoms with Gasteiger partial charge in [0, 0.05) is 11.3 Å². The fourth-order valence-corrected chi connectivity index (χ4v) is 2.13. The summed E-state index contributed by atoms with van der Waals surface area (Å²) in [4.78, 5) is 46.4. The van der Waals surface area contributed by atoms with Crippen LogP contribution in [0.5, 0.6) is 0 Å². The molecule has 0 atom stereocenters. The van der Waals surface area contributed by atoms with E-state index < -0.39 is 30.4 Å². The van der Waals surface area contributed by atoms with E-state index in [0.29, 0.717) is 5.69 Å². The summed E-state index contributed by atoms with van der Waals surface area (Å²) in [5.74, 6) is -2.17. The van der Waals surface area contributed by atoms with Gasteiger partial charge in [0.05, 0.1) is 5.56 Å². The molecule has 8 nitrogen and oxygen atoms in total. The molecular weight excluding hydrogens is 350 g/mol. The van der Waals surface area contributed by atoms with Gasteiger partial charge in [-0.3, -0.25) is 14.9 Å². The smallest absolute Gasteiger partial charge is 0.338 e. The van der Waals surface area contributed by atoms with Crippen LogP contribution in [0.1, 0.15) is 31.8 Å². The van der Waals surface area contributed by atoms with Crippen molar-refractivity contribution in [3.05, 3.63) is 64.7 Å². The van der Waals surface area contributed by atoms with Crippen molar-refractivity contribution in [1.29, 1.82) is 0 Å². The van der Waals surface area contributed by atoms with E-state index >= 15 is 0 Å². The Morgan fingerprint density at radius 3 is 2.15 bits per heavy atom. The van der Waals surface area contributed by atoms with Crippen molar-refractivity contribution in [1.82, 2.24) is 5.32 Å². The van der Waals surface area contributed by atoms with Gasteiger partial charge in [0.25, 0.3) is 5.91 Å². The topological polar surface area (TPSA) is 128 Å². The van der Waals surface area contributed by atoms with Crippen LogP contribution in [0.15, 0.2) is 42.5 Å². The lowest BCUT2D eigenvalue weighted by atomic mass is 10.1. The molecule has 0 saturated heterocycles. The molecule has 2 rings (SSSR count). The van der Waals surface area contributed by atoms with Gasteiger partial charge in [-0.05, 0) is 61.4 Å². The number of carbonyl (C=O) groups is 4. The van der Waals surface area contributed by atoms with Crippen molar-refractivity contribution >= 4 is 29.5 Å². The van der Waals surface area contributed by atoms with Gasteiger partial charge in [0.2, 0.25) is 5.91 Å². The Kier molecular flexibility index (Phi) is 6.27. The van der Waals surface area contributed by atoms with Crippen LogP contribution in [0.2, 0.25) is 0 Å². The Balaban J connectivity index is 1.82. The number of aryl methyl sites for hydroxylation is 2. The quantitative estimate of drug-likeness (QED) is 0.694. The highest BCUT2D eigenvalue weighted by Gasteiger charge is 2.13. The Hall–Kier alpha value is -3.68. The lowest BCUT2D eigenvalue weighted by Gasteiger charge is -2.09. The average molecular weight is 369 g/mol. The maximum atomic E-state index is 11.9. The number of nitrogens with one attached hydrogen (secondary N) is 2. The van der Waals surface area contributed by atoms with Crippen LogP contribution in [0.4, 0.5) is 10.5 Å². The van der Waals surface area contributed by atoms with Gasteiger partial charge < -0.3 is 15.8 Å². The molecule has 4 N–H and O–H groups in total. The lowest BCUT2D eigenvalue weighted by molar-refractivity contribution is -0.123. The minimum Gasteiger partial charge on any atom is -0.452 e. The number of imide groups is 1. The van der Waals surface area contributed by atoms with E-state index in [1.165, 1.54) is 24.3 Å². The first kappa shape index (κ1) is 19.6. The fraction of sp³-hybridized carbons (Fsp3) is 0.158. The zero-order valence-corrected chi connectivity index (χ0v) is 14.9. The maximum absolute atomic E-state index is 11.9. The molecule has 0 aromatic heterocycles. The van der Waals surface area contributed by atoms with Crippen molar-refractivity contribution in [2.24, 2.45) is 5.73 Å². The van der Waals surface area contributed by atoms with Crippen LogP contribution in [-0.2, 0) is 9.53 Å². The maximum Gasteiger partial charge on any atom is 0.338 e. The van der Waals surface area contributed by atoms with E-state index in [1.54, 1.807) is 12.1 Å². The van der Waals surface area contributed by atoms with E-state index in [9.17, 15) is 19.2 Å². The normalized spacial score (nSPS) is 10.0. The highest BCUT2D eigenvalue weighted by Crippen LogP contribution is 2.13. The highest BCUT2D eigenvalue weighted by atomic mass is 16.5. The summed E-state index contributed by atoms with van der Waals surface area (Å²) in [6.07, 6.45) is 0. The standard InChI is InChI=1S/C19H19N3O5/c1-11-3-8-15(9-12(11)2)21-19(26)22-16(23)10-27-18(25)14-6-4-13(5-7-14)17(20)24/h3-9H,10H2,1-2H3,(H2,20,24)(H2,21,22,23,26). The van der Waals surface area contributed by atoms with Crippen molar-refractivity contribution in [2.75, 3.05) is 11.9 Å². The zero-order valence-electron chi connectivity index (χ0n) is 14.9. The number of benzene rings is 2. The summed E-state index contributed by atoms with van der Waals surface area (Å²) in [6, 6.07) is 10.0. The summed E-state index contributed by atoms with van der Waals surface area (Å²) in [5, 5.41) is 4.59. The van der Waals surface area contributed by atoms with Crippen LogP contribution in [0.25, 0.3) is 0 Å². The molecule has 0 bridgehead atoms. The zero-order chi connectivity index (χ0) is 20.0. The second kappa shape index (κ2) is 8.61. The Bertz CT molecular complexity index is 891. The van der Waals surface area contributed by atoms with Crippen molar-refractivity contribution in [3.63, 3.8) is 0 Å². The molecule has 0 fully saturated rings. The van der Waals surface area contributed by atoms with Crippen molar-refractivity contribution in [2.45, 2.75) is 13.8 Å². The molecule has 2 aromatic carbocycles. The molecule has 27 heavy (non-hydrogen) atoms. The van der Waals surface area contributed by atoms with E-state index in [4.69, 9.17) is 10.5 Å². The molecule has 0 aliphatic rings. The summed E-state index contributed by atoms with van der Waals surface area (Å²) < 4.78 is 4.83. The van der Waals surface area contributed by atoms with Gasteiger partial charge in [-0.15, -0.1) is 0 Å². The molecule has 0 radical (unpaired) electrons. The number of carbonyl (C=O) groups excluding carboxylic acids is 4. The third kappa shape index (κ3) is 5.67. The number of anilines is 1. The number of nitrogens with two attached hydrogens (primary N) is 1. The predicted molar refractivity (Wildman–Crippen MR) is 98.3 cm³/mol. The molecule has 2 aromatic rings. The first-order chi connectivity index (χ1) is 12.8. The molecule has 0 aliphatic heterocycles. The lowest BCUT2D eigenvalue weighted by Crippen LogP contribution is -2.37. The van der Waals surface area contributed by atoms with Crippen molar-refractivity contribution in [3.8, 4) is 0 Å². The van der Waals surface area contributed by atoms with Crippen LogP contribution in [-0.4, -0.2) is 30.4 Å². The predicted octanol–water partition coefficient (Wildman–Crippen LogP) is 1.91. The monoisotopic (exact) mass is 369 g/mol. The fourth-order valence-electron chi connectivity index (χ4n) is 2.13. The van der Waals surface area contributed by atoms with Crippen LogP contribution >= 0.6 is 0 Å². The van der Waals surface area contributed by atoms with E-state index in [-0.39, 0.29) is 11.1 Å². The third-order valence-corrected chi connectivity index (χ3v) is 3.76. The molecule has 8 heteroatoms. The first-order valence-corrected chi connectivity index (χ1v) is 8.01. The van der Waals surface area contributed by atoms with Gasteiger partial charge in [-0.2, -0.15) is 0 Å². The second-order valence-electron chi connectivity index (χ2n) is 5.82. The molecule has 140 valence electrons. The summed E-state index contributed by atoms with van der Waals surface area (Å²) in [5.41, 5.74) is 8.11. The highest BCUT2D eigenvalue weighted by molar-refractivity contribution is 6.02. The Morgan fingerprint density at radius 1 is 0.926 bits per heavy atom. The molecule has 4 amide bonds.